The Labute approximate surface area is 131 Å². The van der Waals surface area contributed by atoms with Crippen LogP contribution in [0, 0.1) is 0 Å². The maximum absolute atomic E-state index is 5.49. The Morgan fingerprint density at radius 2 is 1.91 bits per heavy atom. The van der Waals surface area contributed by atoms with Crippen LogP contribution in [0.5, 0.6) is 5.75 Å². The van der Waals surface area contributed by atoms with Gasteiger partial charge < -0.3 is 14.8 Å². The van der Waals surface area contributed by atoms with Gasteiger partial charge in [-0.2, -0.15) is 0 Å². The minimum atomic E-state index is 0.436. The zero-order chi connectivity index (χ0) is 15.9. The van der Waals surface area contributed by atoms with Crippen molar-refractivity contribution in [2.24, 2.45) is 0 Å². The fraction of sp³-hybridized carbons (Fsp3) is 0.412. The van der Waals surface area contributed by atoms with E-state index in [2.05, 4.69) is 41.3 Å². The van der Waals surface area contributed by atoms with Gasteiger partial charge in [0.25, 0.3) is 0 Å². The molecule has 5 heteroatoms. The van der Waals surface area contributed by atoms with Crippen LogP contribution in [0.2, 0.25) is 0 Å². The third-order valence-corrected chi connectivity index (χ3v) is 3.44. The molecule has 2 rings (SSSR count). The third kappa shape index (κ3) is 3.74. The molecule has 22 heavy (non-hydrogen) atoms. The number of ether oxygens (including phenoxy) is 2. The van der Waals surface area contributed by atoms with E-state index in [-0.39, 0.29) is 0 Å². The van der Waals surface area contributed by atoms with Crippen molar-refractivity contribution in [3.8, 4) is 17.0 Å². The summed E-state index contributed by atoms with van der Waals surface area (Å²) < 4.78 is 10.6. The van der Waals surface area contributed by atoms with Gasteiger partial charge in [-0.05, 0) is 23.6 Å². The fourth-order valence-electron chi connectivity index (χ4n) is 2.21. The molecule has 1 N–H and O–H groups in total. The third-order valence-electron chi connectivity index (χ3n) is 3.44. The molecule has 1 aromatic heterocycles. The Hall–Kier alpha value is -2.14. The lowest BCUT2D eigenvalue weighted by atomic mass is 9.98. The van der Waals surface area contributed by atoms with Crippen molar-refractivity contribution in [1.29, 1.82) is 0 Å². The van der Waals surface area contributed by atoms with Gasteiger partial charge in [-0.3, -0.25) is 4.98 Å². The number of anilines is 1. The maximum atomic E-state index is 5.49. The molecule has 118 valence electrons. The second-order valence-corrected chi connectivity index (χ2v) is 5.29. The van der Waals surface area contributed by atoms with Crippen LogP contribution in [0.1, 0.15) is 25.3 Å². The van der Waals surface area contributed by atoms with Gasteiger partial charge in [-0.15, -0.1) is 0 Å². The Morgan fingerprint density at radius 1 is 1.14 bits per heavy atom. The first kappa shape index (κ1) is 16.2. The number of methoxy groups -OCH3 is 2. The van der Waals surface area contributed by atoms with Crippen LogP contribution in [-0.2, 0) is 4.74 Å². The molecule has 0 amide bonds. The zero-order valence-electron chi connectivity index (χ0n) is 13.6. The molecule has 0 radical (unpaired) electrons. The SMILES string of the molecule is COCCNc1nccnc1-c1cc(C(C)C)ccc1OC. The van der Waals surface area contributed by atoms with E-state index in [4.69, 9.17) is 9.47 Å². The summed E-state index contributed by atoms with van der Waals surface area (Å²) in [6, 6.07) is 6.19. The summed E-state index contributed by atoms with van der Waals surface area (Å²) in [5.74, 6) is 1.96. The molecule has 0 unspecified atom stereocenters. The molecule has 0 bridgehead atoms. The smallest absolute Gasteiger partial charge is 0.152 e. The molecule has 0 fully saturated rings. The van der Waals surface area contributed by atoms with Crippen molar-refractivity contribution >= 4 is 5.82 Å². The van der Waals surface area contributed by atoms with E-state index in [1.165, 1.54) is 5.56 Å². The number of aromatic nitrogens is 2. The molecule has 5 nitrogen and oxygen atoms in total. The molecule has 0 aliphatic rings. The molecule has 0 aliphatic carbocycles. The van der Waals surface area contributed by atoms with Crippen LogP contribution < -0.4 is 10.1 Å². The zero-order valence-corrected chi connectivity index (χ0v) is 13.6. The van der Waals surface area contributed by atoms with Crippen LogP contribution in [0.3, 0.4) is 0 Å². The molecular formula is C17H23N3O2. The molecule has 0 aliphatic heterocycles. The topological polar surface area (TPSA) is 56.3 Å². The highest BCUT2D eigenvalue weighted by molar-refractivity contribution is 5.76. The first-order valence-corrected chi connectivity index (χ1v) is 7.39. The van der Waals surface area contributed by atoms with E-state index in [0.717, 1.165) is 22.8 Å². The Morgan fingerprint density at radius 3 is 2.59 bits per heavy atom. The van der Waals surface area contributed by atoms with Crippen LogP contribution in [0.25, 0.3) is 11.3 Å². The van der Waals surface area contributed by atoms with Gasteiger partial charge in [-0.25, -0.2) is 4.98 Å². The van der Waals surface area contributed by atoms with Gasteiger partial charge in [0.1, 0.15) is 11.4 Å². The standard InChI is InChI=1S/C17H23N3O2/c1-12(2)13-5-6-15(22-4)14(11-13)16-17(19-8-7-18-16)20-9-10-21-3/h5-8,11-12H,9-10H2,1-4H3,(H,19,20). The molecule has 2 aromatic rings. The van der Waals surface area contributed by atoms with Crippen LogP contribution in [0.4, 0.5) is 5.82 Å². The van der Waals surface area contributed by atoms with Crippen molar-refractivity contribution in [2.75, 3.05) is 32.7 Å². The van der Waals surface area contributed by atoms with E-state index in [1.807, 2.05) is 6.07 Å². The molecule has 1 aromatic carbocycles. The van der Waals surface area contributed by atoms with E-state index in [0.29, 0.717) is 19.1 Å². The molecular weight excluding hydrogens is 278 g/mol. The lowest BCUT2D eigenvalue weighted by Crippen LogP contribution is -2.10. The highest BCUT2D eigenvalue weighted by Gasteiger charge is 2.14. The van der Waals surface area contributed by atoms with E-state index < -0.39 is 0 Å². The summed E-state index contributed by atoms with van der Waals surface area (Å²) in [7, 11) is 3.34. The van der Waals surface area contributed by atoms with Gasteiger partial charge in [0.2, 0.25) is 0 Å². The van der Waals surface area contributed by atoms with Crippen molar-refractivity contribution in [1.82, 2.24) is 9.97 Å². The summed E-state index contributed by atoms with van der Waals surface area (Å²) in [4.78, 5) is 8.88. The monoisotopic (exact) mass is 301 g/mol. The molecule has 1 heterocycles. The number of hydrogen-bond donors (Lipinski definition) is 1. The van der Waals surface area contributed by atoms with E-state index in [9.17, 15) is 0 Å². The van der Waals surface area contributed by atoms with Crippen molar-refractivity contribution in [3.05, 3.63) is 36.2 Å². The number of rotatable bonds is 7. The summed E-state index contributed by atoms with van der Waals surface area (Å²) in [6.07, 6.45) is 3.37. The molecule has 0 spiro atoms. The fourth-order valence-corrected chi connectivity index (χ4v) is 2.21. The van der Waals surface area contributed by atoms with Crippen LogP contribution in [-0.4, -0.2) is 37.3 Å². The summed E-state index contributed by atoms with van der Waals surface area (Å²) in [6.45, 7) is 5.62. The summed E-state index contributed by atoms with van der Waals surface area (Å²) >= 11 is 0. The number of hydrogen-bond acceptors (Lipinski definition) is 5. The Kier molecular flexibility index (Phi) is 5.72. The molecule has 0 atom stereocenters. The van der Waals surface area contributed by atoms with Crippen LogP contribution >= 0.6 is 0 Å². The van der Waals surface area contributed by atoms with Gasteiger partial charge in [0.15, 0.2) is 5.82 Å². The van der Waals surface area contributed by atoms with Gasteiger partial charge >= 0.3 is 0 Å². The first-order chi connectivity index (χ1) is 10.7. The lowest BCUT2D eigenvalue weighted by Gasteiger charge is -2.15. The normalized spacial score (nSPS) is 10.8. The van der Waals surface area contributed by atoms with E-state index in [1.54, 1.807) is 26.6 Å². The average Bonchev–Trinajstić information content (AvgIpc) is 2.55. The lowest BCUT2D eigenvalue weighted by molar-refractivity contribution is 0.210. The predicted molar refractivity (Wildman–Crippen MR) is 88.5 cm³/mol. The highest BCUT2D eigenvalue weighted by atomic mass is 16.5. The minimum absolute atomic E-state index is 0.436. The highest BCUT2D eigenvalue weighted by Crippen LogP contribution is 2.34. The Balaban J connectivity index is 2.43. The second-order valence-electron chi connectivity index (χ2n) is 5.29. The molecule has 0 saturated heterocycles. The van der Waals surface area contributed by atoms with Crippen molar-refractivity contribution < 1.29 is 9.47 Å². The summed E-state index contributed by atoms with van der Waals surface area (Å²) in [5.41, 5.74) is 2.98. The number of nitrogens with one attached hydrogen (secondary N) is 1. The minimum Gasteiger partial charge on any atom is -0.496 e. The van der Waals surface area contributed by atoms with Crippen molar-refractivity contribution in [3.63, 3.8) is 0 Å². The largest absolute Gasteiger partial charge is 0.496 e. The first-order valence-electron chi connectivity index (χ1n) is 7.39. The Bertz CT molecular complexity index is 615. The van der Waals surface area contributed by atoms with Gasteiger partial charge in [0, 0.05) is 31.6 Å². The second kappa shape index (κ2) is 7.75. The quantitative estimate of drug-likeness (QED) is 0.795. The average molecular weight is 301 g/mol. The summed E-state index contributed by atoms with van der Waals surface area (Å²) in [5, 5.41) is 3.26. The predicted octanol–water partition coefficient (Wildman–Crippen LogP) is 3.33. The molecule has 0 saturated carbocycles. The van der Waals surface area contributed by atoms with Gasteiger partial charge in [0.05, 0.1) is 13.7 Å². The number of benzene rings is 1. The number of nitrogens with zero attached hydrogens (tertiary/aromatic N) is 2. The maximum Gasteiger partial charge on any atom is 0.152 e. The van der Waals surface area contributed by atoms with Crippen LogP contribution in [0.15, 0.2) is 30.6 Å². The van der Waals surface area contributed by atoms with Gasteiger partial charge in [-0.1, -0.05) is 19.9 Å². The van der Waals surface area contributed by atoms with E-state index >= 15 is 0 Å². The van der Waals surface area contributed by atoms with Crippen molar-refractivity contribution in [2.45, 2.75) is 19.8 Å².